The van der Waals surface area contributed by atoms with E-state index in [1.165, 1.54) is 86.5 Å². The summed E-state index contributed by atoms with van der Waals surface area (Å²) in [5, 5.41) is 14.3. The highest BCUT2D eigenvalue weighted by molar-refractivity contribution is 5.65. The minimum Gasteiger partial charge on any atom is -0.327 e. The van der Waals surface area contributed by atoms with E-state index in [0.717, 1.165) is 90.9 Å². The third-order valence-electron chi connectivity index (χ3n) is 8.84. The molecule has 2 aromatic rings. The first-order valence-corrected chi connectivity index (χ1v) is 19.1. The quantitative estimate of drug-likeness (QED) is 0.0501. The highest BCUT2D eigenvalue weighted by atomic mass is 14.9. The van der Waals surface area contributed by atoms with Crippen molar-refractivity contribution in [1.29, 1.82) is 0 Å². The van der Waals surface area contributed by atoms with Gasteiger partial charge in [-0.1, -0.05) is 101 Å². The number of nitrogens with two attached hydrogens (primary N) is 2. The van der Waals surface area contributed by atoms with Crippen LogP contribution in [0.25, 0.3) is 11.1 Å². The van der Waals surface area contributed by atoms with Gasteiger partial charge >= 0.3 is 0 Å². The first kappa shape index (κ1) is 40.4. The van der Waals surface area contributed by atoms with Gasteiger partial charge in [-0.15, -0.1) is 0 Å². The van der Waals surface area contributed by atoms with Crippen molar-refractivity contribution >= 4 is 0 Å². The first-order valence-electron chi connectivity index (χ1n) is 19.1. The maximum Gasteiger partial charge on any atom is 0.00798 e. The predicted molar refractivity (Wildman–Crippen MR) is 203 cm³/mol. The lowest BCUT2D eigenvalue weighted by Gasteiger charge is -2.17. The van der Waals surface area contributed by atoms with Crippen LogP contribution in [0.15, 0.2) is 48.5 Å². The smallest absolute Gasteiger partial charge is 0.00798 e. The second-order valence-electron chi connectivity index (χ2n) is 13.4. The van der Waals surface area contributed by atoms with Gasteiger partial charge in [0.15, 0.2) is 0 Å². The maximum absolute atomic E-state index is 6.66. The molecule has 6 nitrogen and oxygen atoms in total. The molecule has 2 rings (SSSR count). The zero-order chi connectivity index (χ0) is 32.9. The second kappa shape index (κ2) is 28.2. The summed E-state index contributed by atoms with van der Waals surface area (Å²) in [7, 11) is 0. The van der Waals surface area contributed by atoms with Gasteiger partial charge in [-0.2, -0.15) is 0 Å². The van der Waals surface area contributed by atoms with Crippen molar-refractivity contribution in [1.82, 2.24) is 21.3 Å². The molecule has 0 saturated heterocycles. The maximum atomic E-state index is 6.66. The lowest BCUT2D eigenvalue weighted by Crippen LogP contribution is -2.27. The van der Waals surface area contributed by atoms with E-state index < -0.39 is 0 Å². The molecule has 2 unspecified atom stereocenters. The molecule has 0 heterocycles. The Bertz CT molecular complexity index is 898. The molecule has 46 heavy (non-hydrogen) atoms. The van der Waals surface area contributed by atoms with Crippen LogP contribution in [0.2, 0.25) is 0 Å². The van der Waals surface area contributed by atoms with Crippen LogP contribution in [-0.4, -0.2) is 64.4 Å². The summed E-state index contributed by atoms with van der Waals surface area (Å²) in [5.41, 5.74) is 18.5. The normalized spacial score (nSPS) is 12.9. The summed E-state index contributed by atoms with van der Waals surface area (Å²) in [6.07, 6.45) is 19.1. The molecule has 262 valence electrons. The Morgan fingerprint density at radius 3 is 1.30 bits per heavy atom. The highest BCUT2D eigenvalue weighted by Gasteiger charge is 2.11. The molecule has 2 aromatic carbocycles. The average Bonchev–Trinajstić information content (AvgIpc) is 3.06. The number of unbranched alkanes of at least 4 members (excludes halogenated alkanes) is 6. The van der Waals surface area contributed by atoms with Crippen molar-refractivity contribution in [3.05, 3.63) is 59.7 Å². The fourth-order valence-electron chi connectivity index (χ4n) is 6.11. The molecule has 8 N–H and O–H groups in total. The van der Waals surface area contributed by atoms with Gasteiger partial charge in [-0.05, 0) is 139 Å². The van der Waals surface area contributed by atoms with E-state index in [1.54, 1.807) is 0 Å². The summed E-state index contributed by atoms with van der Waals surface area (Å²) in [5.74, 6) is 0. The van der Waals surface area contributed by atoms with Gasteiger partial charge in [0.2, 0.25) is 0 Å². The van der Waals surface area contributed by atoms with Crippen molar-refractivity contribution in [3.63, 3.8) is 0 Å². The Labute approximate surface area is 284 Å². The first-order chi connectivity index (χ1) is 22.6. The third-order valence-corrected chi connectivity index (χ3v) is 8.84. The zero-order valence-corrected chi connectivity index (χ0v) is 29.9. The van der Waals surface area contributed by atoms with Crippen LogP contribution in [0.4, 0.5) is 0 Å². The van der Waals surface area contributed by atoms with E-state index >= 15 is 0 Å². The van der Waals surface area contributed by atoms with Gasteiger partial charge in [0.1, 0.15) is 0 Å². The van der Waals surface area contributed by atoms with Crippen molar-refractivity contribution in [2.24, 2.45) is 11.5 Å². The number of hydrogen-bond acceptors (Lipinski definition) is 6. The lowest BCUT2D eigenvalue weighted by molar-refractivity contribution is 0.528. The van der Waals surface area contributed by atoms with E-state index in [-0.39, 0.29) is 12.1 Å². The Morgan fingerprint density at radius 1 is 0.457 bits per heavy atom. The molecule has 0 amide bonds. The third kappa shape index (κ3) is 21.1. The number of rotatable bonds is 31. The van der Waals surface area contributed by atoms with Gasteiger partial charge in [0, 0.05) is 12.1 Å². The summed E-state index contributed by atoms with van der Waals surface area (Å²) in [6, 6.07) is 18.1. The van der Waals surface area contributed by atoms with Gasteiger partial charge in [0.05, 0.1) is 0 Å². The van der Waals surface area contributed by atoms with Gasteiger partial charge in [-0.3, -0.25) is 0 Å². The molecule has 6 heteroatoms. The molecule has 0 bridgehead atoms. The molecule has 0 saturated carbocycles. The summed E-state index contributed by atoms with van der Waals surface area (Å²) in [6.45, 7) is 13.3. The molecule has 2 atom stereocenters. The van der Waals surface area contributed by atoms with E-state index in [9.17, 15) is 0 Å². The van der Waals surface area contributed by atoms with Crippen molar-refractivity contribution < 1.29 is 0 Å². The molecular formula is C40H72N6. The van der Waals surface area contributed by atoms with Crippen LogP contribution in [0, 0.1) is 0 Å². The van der Waals surface area contributed by atoms with E-state index in [2.05, 4.69) is 83.6 Å². The highest BCUT2D eigenvalue weighted by Crippen LogP contribution is 2.24. The van der Waals surface area contributed by atoms with Crippen molar-refractivity contribution in [3.8, 4) is 11.1 Å². The minimum absolute atomic E-state index is 0.168. The monoisotopic (exact) mass is 637 g/mol. The Kier molecular flexibility index (Phi) is 24.8. The standard InChI is InChI=1S/C40H72N6/c1-3-5-7-12-22-43-26-16-28-45-24-14-20-39(41)33-35-30-36(32-38(31-35)37-18-10-9-11-19-37)34-40(42)21-15-25-46-29-17-27-44-23-13-8-6-4-2/h9-11,18-19,30-32,39-40,43-46H,3-8,12-17,20-29,33-34,41-42H2,1-2H3. The number of nitrogens with one attached hydrogen (secondary N) is 4. The molecule has 0 fully saturated rings. The SMILES string of the molecule is CCCCCCNCCCNCCCC(N)Cc1cc(CC(N)CCCNCCCNCCCCCC)cc(-c2ccccc2)c1. The van der Waals surface area contributed by atoms with E-state index in [0.29, 0.717) is 0 Å². The van der Waals surface area contributed by atoms with Crippen LogP contribution < -0.4 is 32.7 Å². The lowest BCUT2D eigenvalue weighted by atomic mass is 9.92. The molecule has 0 aromatic heterocycles. The van der Waals surface area contributed by atoms with Crippen LogP contribution in [0.1, 0.15) is 115 Å². The van der Waals surface area contributed by atoms with Gasteiger partial charge in [0.25, 0.3) is 0 Å². The topological polar surface area (TPSA) is 100 Å². The largest absolute Gasteiger partial charge is 0.327 e. The zero-order valence-electron chi connectivity index (χ0n) is 29.9. The molecule has 0 aliphatic heterocycles. The predicted octanol–water partition coefficient (Wildman–Crippen LogP) is 6.95. The molecule has 0 radical (unpaired) electrons. The van der Waals surface area contributed by atoms with Gasteiger partial charge in [-0.25, -0.2) is 0 Å². The Balaban J connectivity index is 1.68. The van der Waals surface area contributed by atoms with Crippen LogP contribution in [0.5, 0.6) is 0 Å². The summed E-state index contributed by atoms with van der Waals surface area (Å²) < 4.78 is 0. The summed E-state index contributed by atoms with van der Waals surface area (Å²) >= 11 is 0. The van der Waals surface area contributed by atoms with Crippen LogP contribution in [-0.2, 0) is 12.8 Å². The Morgan fingerprint density at radius 2 is 0.870 bits per heavy atom. The van der Waals surface area contributed by atoms with Gasteiger partial charge < -0.3 is 32.7 Å². The number of hydrogen-bond donors (Lipinski definition) is 6. The number of benzene rings is 2. The van der Waals surface area contributed by atoms with Crippen LogP contribution in [0.3, 0.4) is 0 Å². The molecule has 0 aliphatic rings. The molecule has 0 spiro atoms. The van der Waals surface area contributed by atoms with Crippen LogP contribution >= 0.6 is 0 Å². The average molecular weight is 637 g/mol. The molecular weight excluding hydrogens is 564 g/mol. The summed E-state index contributed by atoms with van der Waals surface area (Å²) in [4.78, 5) is 0. The van der Waals surface area contributed by atoms with Crippen molar-refractivity contribution in [2.45, 2.75) is 129 Å². The fraction of sp³-hybridized carbons (Fsp3) is 0.700. The van der Waals surface area contributed by atoms with E-state index in [4.69, 9.17) is 11.5 Å². The van der Waals surface area contributed by atoms with Crippen molar-refractivity contribution in [2.75, 3.05) is 52.4 Å². The minimum atomic E-state index is 0.168. The Hall–Kier alpha value is -1.80. The molecule has 0 aliphatic carbocycles. The fourth-order valence-corrected chi connectivity index (χ4v) is 6.11. The van der Waals surface area contributed by atoms with E-state index in [1.807, 2.05) is 0 Å². The second-order valence-corrected chi connectivity index (χ2v) is 13.4.